The number of benzene rings is 1. The van der Waals surface area contributed by atoms with Crippen LogP contribution in [0.25, 0.3) is 22.3 Å². The molecule has 0 bridgehead atoms. The summed E-state index contributed by atoms with van der Waals surface area (Å²) in [7, 11) is 1.73. The fourth-order valence-corrected chi connectivity index (χ4v) is 4.74. The molecule has 4 aromatic heterocycles. The minimum atomic E-state index is -2.74. The maximum Gasteiger partial charge on any atom is 0.264 e. The number of aryl methyl sites for hydroxylation is 3. The van der Waals surface area contributed by atoms with Crippen LogP contribution in [0.4, 0.5) is 14.5 Å². The second-order valence-corrected chi connectivity index (χ2v) is 9.56. The Hall–Kier alpha value is -4.12. The third-order valence-corrected chi connectivity index (χ3v) is 6.54. The molecule has 1 amide bonds. The smallest absolute Gasteiger partial charge is 0.264 e. The Kier molecular flexibility index (Phi) is 6.70. The van der Waals surface area contributed by atoms with Gasteiger partial charge in [0.25, 0.3) is 6.43 Å². The summed E-state index contributed by atoms with van der Waals surface area (Å²) < 4.78 is 32.8. The monoisotopic (exact) mass is 538 g/mol. The predicted octanol–water partition coefficient (Wildman–Crippen LogP) is 5.23. The molecule has 4 heterocycles. The number of carbonyl (C=O) groups is 1. The summed E-state index contributed by atoms with van der Waals surface area (Å²) >= 11 is 6.10. The van der Waals surface area contributed by atoms with Crippen LogP contribution < -0.4 is 5.32 Å². The molecule has 0 radical (unpaired) electrons. The Morgan fingerprint density at radius 2 is 1.87 bits per heavy atom. The zero-order valence-corrected chi connectivity index (χ0v) is 22.0. The van der Waals surface area contributed by atoms with E-state index < -0.39 is 6.43 Å². The average Bonchev–Trinajstić information content (AvgIpc) is 3.51. The van der Waals surface area contributed by atoms with Gasteiger partial charge in [-0.1, -0.05) is 23.7 Å². The standard InChI is InChI=1S/C26H25ClF2N8O/c1-14-23-20(25(28)29)9-21(18-10-30-35(4)12-18)31-26(23)37(33-14)13-22(38)32-24-15(2)34-36(16(24)3)11-17-6-5-7-19(27)8-17/h5-10,12,25H,11,13H2,1-4H3,(H,32,38). The number of aromatic nitrogens is 7. The van der Waals surface area contributed by atoms with Gasteiger partial charge in [0.2, 0.25) is 5.91 Å². The molecule has 12 heteroatoms. The summed E-state index contributed by atoms with van der Waals surface area (Å²) in [6.45, 7) is 5.58. The SMILES string of the molecule is Cc1nn(Cc2cccc(Cl)c2)c(C)c1NC(=O)Cn1nc(C)c2c(C(F)F)cc(-c3cnn(C)c3)nc21. The lowest BCUT2D eigenvalue weighted by Gasteiger charge is -2.09. The Balaban J connectivity index is 1.44. The van der Waals surface area contributed by atoms with Crippen LogP contribution in [0.5, 0.6) is 0 Å². The largest absolute Gasteiger partial charge is 0.321 e. The van der Waals surface area contributed by atoms with Gasteiger partial charge in [0, 0.05) is 29.4 Å². The zero-order chi connectivity index (χ0) is 27.1. The Bertz CT molecular complexity index is 1670. The van der Waals surface area contributed by atoms with Crippen molar-refractivity contribution in [3.05, 3.63) is 76.0 Å². The highest BCUT2D eigenvalue weighted by Gasteiger charge is 2.23. The van der Waals surface area contributed by atoms with E-state index in [1.54, 1.807) is 48.7 Å². The normalized spacial score (nSPS) is 11.6. The lowest BCUT2D eigenvalue weighted by molar-refractivity contribution is -0.116. The van der Waals surface area contributed by atoms with Crippen LogP contribution in [0.2, 0.25) is 5.02 Å². The van der Waals surface area contributed by atoms with E-state index >= 15 is 0 Å². The molecule has 38 heavy (non-hydrogen) atoms. The van der Waals surface area contributed by atoms with E-state index in [-0.39, 0.29) is 29.0 Å². The van der Waals surface area contributed by atoms with E-state index in [4.69, 9.17) is 11.6 Å². The van der Waals surface area contributed by atoms with Gasteiger partial charge in [-0.15, -0.1) is 0 Å². The second kappa shape index (κ2) is 9.97. The lowest BCUT2D eigenvalue weighted by atomic mass is 10.1. The third kappa shape index (κ3) is 4.89. The van der Waals surface area contributed by atoms with Crippen molar-refractivity contribution in [1.29, 1.82) is 0 Å². The molecule has 0 atom stereocenters. The summed E-state index contributed by atoms with van der Waals surface area (Å²) in [6.07, 6.45) is 0.504. The van der Waals surface area contributed by atoms with Gasteiger partial charge in [0.05, 0.1) is 46.6 Å². The van der Waals surface area contributed by atoms with Crippen molar-refractivity contribution in [2.75, 3.05) is 5.32 Å². The first-order chi connectivity index (χ1) is 18.1. The van der Waals surface area contributed by atoms with E-state index in [0.29, 0.717) is 39.9 Å². The molecule has 5 rings (SSSR count). The first-order valence-electron chi connectivity index (χ1n) is 11.8. The number of hydrogen-bond acceptors (Lipinski definition) is 5. The van der Waals surface area contributed by atoms with Gasteiger partial charge in [-0.2, -0.15) is 15.3 Å². The van der Waals surface area contributed by atoms with E-state index in [9.17, 15) is 13.6 Å². The van der Waals surface area contributed by atoms with Crippen LogP contribution in [0.1, 0.15) is 34.6 Å². The fourth-order valence-electron chi connectivity index (χ4n) is 4.53. The number of amides is 1. The van der Waals surface area contributed by atoms with Crippen molar-refractivity contribution in [1.82, 2.24) is 34.3 Å². The second-order valence-electron chi connectivity index (χ2n) is 9.12. The highest BCUT2D eigenvalue weighted by atomic mass is 35.5. The molecule has 1 aromatic carbocycles. The van der Waals surface area contributed by atoms with E-state index in [0.717, 1.165) is 11.3 Å². The summed E-state index contributed by atoms with van der Waals surface area (Å²) in [5.74, 6) is -0.380. The highest BCUT2D eigenvalue weighted by molar-refractivity contribution is 6.30. The molecule has 9 nitrogen and oxygen atoms in total. The van der Waals surface area contributed by atoms with Crippen molar-refractivity contribution >= 4 is 34.2 Å². The lowest BCUT2D eigenvalue weighted by Crippen LogP contribution is -2.20. The van der Waals surface area contributed by atoms with Crippen LogP contribution >= 0.6 is 11.6 Å². The Labute approximate surface area is 222 Å². The van der Waals surface area contributed by atoms with Crippen LogP contribution in [0, 0.1) is 20.8 Å². The number of nitrogens with one attached hydrogen (secondary N) is 1. The van der Waals surface area contributed by atoms with Crippen LogP contribution in [-0.4, -0.2) is 40.2 Å². The molecule has 5 aromatic rings. The van der Waals surface area contributed by atoms with Crippen molar-refractivity contribution in [3.63, 3.8) is 0 Å². The minimum Gasteiger partial charge on any atom is -0.321 e. The zero-order valence-electron chi connectivity index (χ0n) is 21.2. The van der Waals surface area contributed by atoms with Gasteiger partial charge in [-0.05, 0) is 44.5 Å². The number of fused-ring (bicyclic) bond motifs is 1. The molecule has 0 aliphatic rings. The molecule has 0 saturated carbocycles. The molecule has 0 fully saturated rings. The number of alkyl halides is 2. The first kappa shape index (κ1) is 25.5. The third-order valence-electron chi connectivity index (χ3n) is 6.30. The molecule has 0 spiro atoms. The maximum absolute atomic E-state index is 14.0. The van der Waals surface area contributed by atoms with Gasteiger partial charge in [0.1, 0.15) is 6.54 Å². The van der Waals surface area contributed by atoms with Gasteiger partial charge < -0.3 is 5.32 Å². The molecular formula is C26H25ClF2N8O. The highest BCUT2D eigenvalue weighted by Crippen LogP contribution is 2.33. The van der Waals surface area contributed by atoms with Crippen molar-refractivity contribution < 1.29 is 13.6 Å². The van der Waals surface area contributed by atoms with Gasteiger partial charge in [-0.25, -0.2) is 18.4 Å². The molecule has 1 N–H and O–H groups in total. The predicted molar refractivity (Wildman–Crippen MR) is 140 cm³/mol. The van der Waals surface area contributed by atoms with E-state index in [1.807, 2.05) is 25.1 Å². The van der Waals surface area contributed by atoms with Gasteiger partial charge >= 0.3 is 0 Å². The fraction of sp³-hybridized carbons (Fsp3) is 0.269. The van der Waals surface area contributed by atoms with Crippen LogP contribution in [0.15, 0.2) is 42.7 Å². The summed E-state index contributed by atoms with van der Waals surface area (Å²) in [5, 5.41) is 16.8. The number of anilines is 1. The summed E-state index contributed by atoms with van der Waals surface area (Å²) in [5.41, 5.74) is 4.29. The number of carbonyl (C=O) groups excluding carboxylic acids is 1. The number of nitrogens with zero attached hydrogens (tertiary/aromatic N) is 7. The number of pyridine rings is 1. The first-order valence-corrected chi connectivity index (χ1v) is 12.2. The average molecular weight is 539 g/mol. The number of rotatable bonds is 7. The van der Waals surface area contributed by atoms with Gasteiger partial charge in [0.15, 0.2) is 5.65 Å². The van der Waals surface area contributed by atoms with Crippen LogP contribution in [0.3, 0.4) is 0 Å². The van der Waals surface area contributed by atoms with Crippen molar-refractivity contribution in [2.45, 2.75) is 40.3 Å². The van der Waals surface area contributed by atoms with Crippen molar-refractivity contribution in [2.24, 2.45) is 7.05 Å². The topological polar surface area (TPSA) is 95.5 Å². The molecular weight excluding hydrogens is 514 g/mol. The van der Waals surface area contributed by atoms with E-state index in [1.165, 1.54) is 10.7 Å². The summed E-state index contributed by atoms with van der Waals surface area (Å²) in [6, 6.07) is 8.84. The van der Waals surface area contributed by atoms with Gasteiger partial charge in [-0.3, -0.25) is 14.2 Å². The molecule has 0 aliphatic carbocycles. The summed E-state index contributed by atoms with van der Waals surface area (Å²) in [4.78, 5) is 17.7. The molecule has 0 saturated heterocycles. The number of hydrogen-bond donors (Lipinski definition) is 1. The minimum absolute atomic E-state index is 0.188. The molecule has 196 valence electrons. The Morgan fingerprint density at radius 1 is 1.11 bits per heavy atom. The van der Waals surface area contributed by atoms with Crippen molar-refractivity contribution in [3.8, 4) is 11.3 Å². The number of halogens is 3. The Morgan fingerprint density at radius 3 is 2.55 bits per heavy atom. The van der Waals surface area contributed by atoms with E-state index in [2.05, 4.69) is 25.6 Å². The quantitative estimate of drug-likeness (QED) is 0.306. The molecule has 0 unspecified atom stereocenters. The van der Waals surface area contributed by atoms with Crippen LogP contribution in [-0.2, 0) is 24.9 Å². The molecule has 0 aliphatic heterocycles. The maximum atomic E-state index is 14.0.